The molecule has 0 radical (unpaired) electrons. The summed E-state index contributed by atoms with van der Waals surface area (Å²) in [5.41, 5.74) is 3.48. The van der Waals surface area contributed by atoms with Crippen molar-refractivity contribution < 1.29 is 21.5 Å². The third kappa shape index (κ3) is 5.22. The Balaban J connectivity index is 0.000000198. The molecule has 0 saturated carbocycles. The topological polar surface area (TPSA) is 122 Å². The molecule has 10 nitrogen and oxygen atoms in total. The number of aliphatic hydroxyl groups excluding tert-OH is 3. The van der Waals surface area contributed by atoms with Gasteiger partial charge in [0.15, 0.2) is 5.78 Å². The zero-order valence-corrected chi connectivity index (χ0v) is 27.7. The predicted molar refractivity (Wildman–Crippen MR) is 172 cm³/mol. The van der Waals surface area contributed by atoms with E-state index >= 15 is 0 Å². The van der Waals surface area contributed by atoms with Crippen molar-refractivity contribution in [2.75, 3.05) is 13.2 Å². The molecule has 2 heterocycles. The summed E-state index contributed by atoms with van der Waals surface area (Å²) in [7, 11) is 1.25. The minimum atomic E-state index is -0.554. The van der Waals surface area contributed by atoms with Crippen LogP contribution in [-0.4, -0.2) is 53.9 Å². The molecule has 0 spiro atoms. The number of rotatable bonds is 4. The number of carbonyl (C=O) groups is 1. The van der Waals surface area contributed by atoms with Crippen LogP contribution >= 0.6 is 0 Å². The summed E-state index contributed by atoms with van der Waals surface area (Å²) in [6, 6.07) is 0. The molecule has 4 aliphatic carbocycles. The number of allylic oxidation sites excluding steroid dienone is 4. The van der Waals surface area contributed by atoms with Crippen molar-refractivity contribution in [1.29, 1.82) is 0 Å². The van der Waals surface area contributed by atoms with Crippen LogP contribution in [0.25, 0.3) is 9.69 Å². The fourth-order valence-corrected chi connectivity index (χ4v) is 8.83. The van der Waals surface area contributed by atoms with Crippen molar-refractivity contribution >= 4 is 5.78 Å². The molecule has 2 aromatic heterocycles. The summed E-state index contributed by atoms with van der Waals surface area (Å²) in [5.74, 6) is 0.602. The number of aromatic nitrogens is 4. The molecule has 3 N–H and O–H groups in total. The first-order valence-corrected chi connectivity index (χ1v) is 15.5. The highest BCUT2D eigenvalue weighted by Crippen LogP contribution is 2.58. The van der Waals surface area contributed by atoms with Crippen molar-refractivity contribution in [3.8, 4) is 0 Å². The van der Waals surface area contributed by atoms with E-state index in [1.54, 1.807) is 9.36 Å². The lowest BCUT2D eigenvalue weighted by Gasteiger charge is -2.51. The van der Waals surface area contributed by atoms with E-state index in [2.05, 4.69) is 28.6 Å². The van der Waals surface area contributed by atoms with Crippen LogP contribution in [0, 0.1) is 35.8 Å². The highest BCUT2D eigenvalue weighted by atomic mass is 16.3. The van der Waals surface area contributed by atoms with Gasteiger partial charge in [-0.1, -0.05) is 55.0 Å². The van der Waals surface area contributed by atoms with Gasteiger partial charge in [0.1, 0.15) is 5.76 Å². The van der Waals surface area contributed by atoms with Gasteiger partial charge in [-0.2, -0.15) is 10.2 Å². The summed E-state index contributed by atoms with van der Waals surface area (Å²) in [6.45, 7) is 28.0. The maximum Gasteiger partial charge on any atom is 0.226 e. The van der Waals surface area contributed by atoms with Crippen LogP contribution in [0.2, 0.25) is 0 Å². The fraction of sp³-hybridized carbons (Fsp3) is 0.629. The average Bonchev–Trinajstić information content (AvgIpc) is 3.64. The largest absolute Gasteiger partial charge is 0.523 e. The quantitative estimate of drug-likeness (QED) is 0.386. The number of ketones is 1. The Kier molecular flexibility index (Phi) is 8.63. The van der Waals surface area contributed by atoms with E-state index in [9.17, 15) is 9.90 Å². The molecule has 2 aromatic rings. The summed E-state index contributed by atoms with van der Waals surface area (Å²) in [4.78, 5) is 19.6. The van der Waals surface area contributed by atoms with Crippen molar-refractivity contribution in [1.82, 2.24) is 19.6 Å². The Hall–Kier alpha value is -3.73. The highest BCUT2D eigenvalue weighted by Gasteiger charge is 2.56. The van der Waals surface area contributed by atoms with Gasteiger partial charge in [-0.05, 0) is 55.1 Å². The minimum Gasteiger partial charge on any atom is -0.523 e. The number of aliphatic hydroxyl groups is 3. The van der Waals surface area contributed by atoms with Gasteiger partial charge in [0, 0.05) is 35.4 Å². The number of fused-ring (bicyclic) bond motifs is 6. The van der Waals surface area contributed by atoms with Crippen LogP contribution in [0.3, 0.4) is 0 Å². The molecule has 0 fully saturated rings. The van der Waals surface area contributed by atoms with E-state index in [0.29, 0.717) is 25.2 Å². The Bertz CT molecular complexity index is 1640. The second-order valence-electron chi connectivity index (χ2n) is 14.4. The van der Waals surface area contributed by atoms with Crippen molar-refractivity contribution in [2.45, 2.75) is 105 Å². The van der Waals surface area contributed by atoms with Crippen LogP contribution in [0.15, 0.2) is 35.6 Å². The molecule has 6 rings (SSSR count). The maximum atomic E-state index is 12.6. The second kappa shape index (κ2) is 11.9. The zero-order valence-electron chi connectivity index (χ0n) is 28.7. The molecule has 242 valence electrons. The third-order valence-corrected chi connectivity index (χ3v) is 11.0. The summed E-state index contributed by atoms with van der Waals surface area (Å²) in [5, 5.41) is 38.1. The molecule has 4 atom stereocenters. The first-order valence-electron chi connectivity index (χ1n) is 16.5. The number of hydrogen-bond donors (Lipinski definition) is 3. The van der Waals surface area contributed by atoms with Crippen LogP contribution in [-0.2, 0) is 41.6 Å². The first kappa shape index (κ1) is 32.7. The molecule has 0 unspecified atom stereocenters. The summed E-state index contributed by atoms with van der Waals surface area (Å²) < 4.78 is 9.33. The van der Waals surface area contributed by atoms with E-state index in [0.717, 1.165) is 42.6 Å². The average molecular weight is 619 g/mol. The molecule has 10 heteroatoms. The lowest BCUT2D eigenvalue weighted by atomic mass is 9.53. The molecule has 0 bridgehead atoms. The molecular formula is C35H48N6O4. The Morgan fingerprint density at radius 3 is 1.98 bits per heavy atom. The molecule has 0 amide bonds. The number of hydrogen-bond acceptors (Lipinski definition) is 6. The van der Waals surface area contributed by atoms with E-state index < -0.39 is 16.2 Å². The number of Topliss-reactive ketones (excluding diaryl/α,β-unsaturated/α-hetero) is 1. The summed E-state index contributed by atoms with van der Waals surface area (Å²) >= 11 is 0. The highest BCUT2D eigenvalue weighted by molar-refractivity contribution is 6.02. The molecule has 0 aliphatic heterocycles. The molecule has 4 aliphatic rings. The van der Waals surface area contributed by atoms with Crippen molar-refractivity contribution in [3.05, 3.63) is 81.0 Å². The van der Waals surface area contributed by atoms with E-state index in [-0.39, 0.29) is 47.7 Å². The fourth-order valence-electron chi connectivity index (χ4n) is 8.83. The van der Waals surface area contributed by atoms with Gasteiger partial charge in [-0.3, -0.25) is 9.36 Å². The molecular weight excluding hydrogens is 568 g/mol. The van der Waals surface area contributed by atoms with Crippen molar-refractivity contribution in [3.63, 3.8) is 0 Å². The minimum absolute atomic E-state index is 0.0494. The van der Waals surface area contributed by atoms with Crippen LogP contribution in [0.1, 0.15) is 92.1 Å². The Labute approximate surface area is 268 Å². The lowest BCUT2D eigenvalue weighted by Crippen LogP contribution is -2.50. The van der Waals surface area contributed by atoms with Crippen LogP contribution < -0.4 is 0 Å². The van der Waals surface area contributed by atoms with Gasteiger partial charge in [0.2, 0.25) is 11.4 Å². The van der Waals surface area contributed by atoms with Gasteiger partial charge >= 0.3 is 0 Å². The van der Waals surface area contributed by atoms with Gasteiger partial charge in [-0.25, -0.2) is 9.69 Å². The zero-order chi connectivity index (χ0) is 34.2. The van der Waals surface area contributed by atoms with E-state index in [1.807, 2.05) is 46.2 Å². The lowest BCUT2D eigenvalue weighted by molar-refractivity contribution is -0.128. The van der Waals surface area contributed by atoms with E-state index in [1.165, 1.54) is 13.0 Å². The number of carbonyl (C=O) groups excluding carboxylic acids is 1. The molecule has 0 aromatic carbocycles. The third-order valence-electron chi connectivity index (χ3n) is 11.0. The van der Waals surface area contributed by atoms with Crippen molar-refractivity contribution in [2.24, 2.45) is 22.7 Å². The van der Waals surface area contributed by atoms with Gasteiger partial charge in [0.25, 0.3) is 0 Å². The molecule has 0 saturated heterocycles. The van der Waals surface area contributed by atoms with Crippen LogP contribution in [0.4, 0.5) is 0 Å². The first-order chi connectivity index (χ1) is 21.7. The summed E-state index contributed by atoms with van der Waals surface area (Å²) in [6.07, 6.45) is 10.1. The maximum absolute atomic E-state index is 12.6. The SMILES string of the molecule is [3H]C.[C-]#[N+]C1=C(O)C(C)(C)[C@@H]2CCc3cn(CCO)nc3[C@@]2(C)C1.[C-]#[N+]C1=C[C@]2(C)c3nn(CCO)cc3CC[C@H]2C(C)(C)C1=O. The van der Waals surface area contributed by atoms with Gasteiger partial charge < -0.3 is 20.1 Å². The number of aryl methyl sites for hydroxylation is 2. The monoisotopic (exact) mass is 618 g/mol. The predicted octanol–water partition coefficient (Wildman–Crippen LogP) is 5.56. The number of nitrogens with zero attached hydrogens (tertiary/aromatic N) is 6. The Morgan fingerprint density at radius 2 is 1.44 bits per heavy atom. The Morgan fingerprint density at radius 1 is 0.911 bits per heavy atom. The second-order valence-corrected chi connectivity index (χ2v) is 14.4. The smallest absolute Gasteiger partial charge is 0.226 e. The van der Waals surface area contributed by atoms with Crippen LogP contribution in [0.5, 0.6) is 0 Å². The normalized spacial score (nSPS) is 29.0. The van der Waals surface area contributed by atoms with Gasteiger partial charge in [0.05, 0.1) is 50.8 Å². The molecule has 45 heavy (non-hydrogen) atoms. The van der Waals surface area contributed by atoms with Gasteiger partial charge in [-0.15, -0.1) is 0 Å². The van der Waals surface area contributed by atoms with E-state index in [4.69, 9.17) is 29.8 Å². The standard InChI is InChI=1S/C17H23N3O2.C17H21N3O2.CH4/c2*1-16(2)13-6-5-11-10-20(7-8-21)19-14(11)17(13,3)9-12(18-4)15(16)22;/h10,13,21-22H,5-9H2,1-3H3;9-10,13,21H,5-8H2,1-3H3;1H4/t2*13-,17-;/m00./s1/i;;1T.